The number of hydrogen-bond donors (Lipinski definition) is 3. The number of unbranched alkanes of at least 4 members (excludes halogenated alkanes) is 1. The zero-order valence-corrected chi connectivity index (χ0v) is 21.2. The minimum atomic E-state index is -0.264. The molecule has 9 nitrogen and oxygen atoms in total. The lowest BCUT2D eigenvalue weighted by molar-refractivity contribution is 0.0952. The maximum absolute atomic E-state index is 13.3. The number of carbonyl (C=O) groups is 1. The summed E-state index contributed by atoms with van der Waals surface area (Å²) in [7, 11) is 4.01. The molecule has 0 aliphatic heterocycles. The molecule has 1 amide bonds. The molecule has 3 aromatic rings. The van der Waals surface area contributed by atoms with Crippen molar-refractivity contribution in [3.05, 3.63) is 51.1 Å². The van der Waals surface area contributed by atoms with Crippen LogP contribution in [0.2, 0.25) is 0 Å². The van der Waals surface area contributed by atoms with E-state index in [4.69, 9.17) is 4.98 Å². The first kappa shape index (κ1) is 25.4. The van der Waals surface area contributed by atoms with Crippen LogP contribution in [0.3, 0.4) is 0 Å². The molecule has 3 rings (SSSR count). The molecule has 0 aliphatic carbocycles. The van der Waals surface area contributed by atoms with Crippen molar-refractivity contribution in [2.75, 3.05) is 32.5 Å². The highest BCUT2D eigenvalue weighted by Gasteiger charge is 2.18. The first-order valence-electron chi connectivity index (χ1n) is 12.0. The molecule has 9 heteroatoms. The Morgan fingerprint density at radius 1 is 1.26 bits per heavy atom. The fourth-order valence-corrected chi connectivity index (χ4v) is 3.85. The second kappa shape index (κ2) is 11.3. The summed E-state index contributed by atoms with van der Waals surface area (Å²) in [6.45, 7) is 9.77. The summed E-state index contributed by atoms with van der Waals surface area (Å²) in [6.07, 6.45) is 4.62. The number of anilines is 1. The summed E-state index contributed by atoms with van der Waals surface area (Å²) < 4.78 is 1.81. The third-order valence-electron chi connectivity index (χ3n) is 5.81. The van der Waals surface area contributed by atoms with Gasteiger partial charge in [0.05, 0.1) is 17.1 Å². The SMILES string of the molecule is CCCCc1cc(C)c(CNC(=O)c2cc(NCCN(C)C)nc3c2cnn3C(C)C)c(=O)[nH]1. The van der Waals surface area contributed by atoms with Crippen LogP contribution in [0.1, 0.15) is 66.8 Å². The van der Waals surface area contributed by atoms with Gasteiger partial charge >= 0.3 is 0 Å². The number of nitrogens with one attached hydrogen (secondary N) is 3. The van der Waals surface area contributed by atoms with Crippen molar-refractivity contribution in [2.45, 2.75) is 59.5 Å². The largest absolute Gasteiger partial charge is 0.369 e. The first-order chi connectivity index (χ1) is 16.2. The van der Waals surface area contributed by atoms with Gasteiger partial charge in [0.25, 0.3) is 11.5 Å². The molecule has 0 unspecified atom stereocenters. The smallest absolute Gasteiger partial charge is 0.253 e. The molecule has 0 bridgehead atoms. The molecule has 34 heavy (non-hydrogen) atoms. The number of aryl methyl sites for hydroxylation is 2. The van der Waals surface area contributed by atoms with E-state index in [0.717, 1.165) is 37.1 Å². The molecule has 3 aromatic heterocycles. The summed E-state index contributed by atoms with van der Waals surface area (Å²) >= 11 is 0. The van der Waals surface area contributed by atoms with Gasteiger partial charge < -0.3 is 20.5 Å². The van der Waals surface area contributed by atoms with Crippen LogP contribution >= 0.6 is 0 Å². The predicted octanol–water partition coefficient (Wildman–Crippen LogP) is 3.26. The Morgan fingerprint density at radius 2 is 2.03 bits per heavy atom. The number of amides is 1. The van der Waals surface area contributed by atoms with E-state index in [1.54, 1.807) is 12.3 Å². The van der Waals surface area contributed by atoms with Gasteiger partial charge in [-0.05, 0) is 65.4 Å². The monoisotopic (exact) mass is 467 g/mol. The van der Waals surface area contributed by atoms with Gasteiger partial charge in [-0.2, -0.15) is 5.10 Å². The molecule has 184 valence electrons. The van der Waals surface area contributed by atoms with Crippen LogP contribution in [-0.2, 0) is 13.0 Å². The summed E-state index contributed by atoms with van der Waals surface area (Å²) in [5, 5.41) is 11.4. The molecule has 0 saturated carbocycles. The van der Waals surface area contributed by atoms with Crippen molar-refractivity contribution in [2.24, 2.45) is 0 Å². The molecule has 0 aliphatic rings. The highest BCUT2D eigenvalue weighted by atomic mass is 16.1. The fraction of sp³-hybridized carbons (Fsp3) is 0.520. The Morgan fingerprint density at radius 3 is 2.68 bits per heavy atom. The van der Waals surface area contributed by atoms with Crippen LogP contribution in [-0.4, -0.2) is 57.7 Å². The van der Waals surface area contributed by atoms with E-state index in [2.05, 4.69) is 32.5 Å². The third-order valence-corrected chi connectivity index (χ3v) is 5.81. The molecule has 0 radical (unpaired) electrons. The zero-order valence-electron chi connectivity index (χ0n) is 21.2. The lowest BCUT2D eigenvalue weighted by Gasteiger charge is -2.14. The number of aromatic nitrogens is 4. The maximum Gasteiger partial charge on any atom is 0.253 e. The Bertz CT molecular complexity index is 1190. The van der Waals surface area contributed by atoms with Crippen LogP contribution in [0.15, 0.2) is 23.1 Å². The number of nitrogens with zero attached hydrogens (tertiary/aromatic N) is 4. The van der Waals surface area contributed by atoms with E-state index >= 15 is 0 Å². The second-order valence-corrected chi connectivity index (χ2v) is 9.28. The second-order valence-electron chi connectivity index (χ2n) is 9.28. The topological polar surface area (TPSA) is 108 Å². The summed E-state index contributed by atoms with van der Waals surface area (Å²) in [6, 6.07) is 3.86. The molecule has 0 spiro atoms. The Labute approximate surface area is 201 Å². The summed E-state index contributed by atoms with van der Waals surface area (Å²) in [4.78, 5) is 35.6. The number of likely N-dealkylation sites (N-methyl/N-ethyl adjacent to an activating group) is 1. The molecular formula is C25H37N7O2. The van der Waals surface area contributed by atoms with Crippen LogP contribution in [0.4, 0.5) is 5.82 Å². The number of fused-ring (bicyclic) bond motifs is 1. The Hall–Kier alpha value is -3.20. The van der Waals surface area contributed by atoms with Crippen molar-refractivity contribution in [3.8, 4) is 0 Å². The fourth-order valence-electron chi connectivity index (χ4n) is 3.85. The summed E-state index contributed by atoms with van der Waals surface area (Å²) in [5.74, 6) is 0.358. The third kappa shape index (κ3) is 6.02. The van der Waals surface area contributed by atoms with E-state index in [9.17, 15) is 9.59 Å². The van der Waals surface area contributed by atoms with E-state index in [-0.39, 0.29) is 24.1 Å². The van der Waals surface area contributed by atoms with Crippen LogP contribution in [0.25, 0.3) is 11.0 Å². The average Bonchev–Trinajstić information content (AvgIpc) is 3.20. The van der Waals surface area contributed by atoms with Gasteiger partial charge in [0, 0.05) is 36.9 Å². The summed E-state index contributed by atoms with van der Waals surface area (Å²) in [5.41, 5.74) is 3.38. The van der Waals surface area contributed by atoms with E-state index in [0.29, 0.717) is 34.5 Å². The number of H-pyrrole nitrogens is 1. The van der Waals surface area contributed by atoms with Gasteiger partial charge in [0.1, 0.15) is 5.82 Å². The van der Waals surface area contributed by atoms with Crippen LogP contribution < -0.4 is 16.2 Å². The van der Waals surface area contributed by atoms with Crippen LogP contribution in [0.5, 0.6) is 0 Å². The van der Waals surface area contributed by atoms with E-state index in [1.807, 2.05) is 45.6 Å². The molecule has 0 fully saturated rings. The quantitative estimate of drug-likeness (QED) is 0.400. The lowest BCUT2D eigenvalue weighted by atomic mass is 10.1. The number of rotatable bonds is 11. The number of aromatic amines is 1. The average molecular weight is 468 g/mol. The standard InChI is InChI=1S/C25H37N7O2/c1-7-8-9-18-12-17(4)20(25(34)29-18)14-27-24(33)19-13-22(26-10-11-31(5)6)30-23-21(19)15-28-32(23)16(2)3/h12-13,15-16H,7-11,14H2,1-6H3,(H,26,30)(H,27,33)(H,29,34). The number of carbonyl (C=O) groups excluding carboxylic acids is 1. The van der Waals surface area contributed by atoms with Gasteiger partial charge in [-0.1, -0.05) is 13.3 Å². The van der Waals surface area contributed by atoms with Gasteiger partial charge in [-0.15, -0.1) is 0 Å². The van der Waals surface area contributed by atoms with Gasteiger partial charge in [0.2, 0.25) is 0 Å². The van der Waals surface area contributed by atoms with Gasteiger partial charge in [-0.25, -0.2) is 9.67 Å². The first-order valence-corrected chi connectivity index (χ1v) is 12.0. The van der Waals surface area contributed by atoms with Crippen molar-refractivity contribution in [1.29, 1.82) is 0 Å². The number of hydrogen-bond acceptors (Lipinski definition) is 6. The minimum Gasteiger partial charge on any atom is -0.369 e. The van der Waals surface area contributed by atoms with E-state index < -0.39 is 0 Å². The van der Waals surface area contributed by atoms with Crippen molar-refractivity contribution >= 4 is 22.8 Å². The van der Waals surface area contributed by atoms with E-state index in [1.165, 1.54) is 0 Å². The van der Waals surface area contributed by atoms with Crippen molar-refractivity contribution < 1.29 is 4.79 Å². The molecule has 0 aromatic carbocycles. The molecule has 3 N–H and O–H groups in total. The highest BCUT2D eigenvalue weighted by molar-refractivity contribution is 6.06. The molecule has 3 heterocycles. The molecular weight excluding hydrogens is 430 g/mol. The van der Waals surface area contributed by atoms with Crippen molar-refractivity contribution in [1.82, 2.24) is 30.0 Å². The van der Waals surface area contributed by atoms with Gasteiger partial charge in [-0.3, -0.25) is 9.59 Å². The lowest BCUT2D eigenvalue weighted by Crippen LogP contribution is -2.28. The Kier molecular flexibility index (Phi) is 8.44. The zero-order chi connectivity index (χ0) is 24.8. The molecule has 0 atom stereocenters. The highest BCUT2D eigenvalue weighted by Crippen LogP contribution is 2.23. The Balaban J connectivity index is 1.86. The number of pyridine rings is 2. The molecule has 0 saturated heterocycles. The minimum absolute atomic E-state index is 0.102. The van der Waals surface area contributed by atoms with Crippen molar-refractivity contribution in [3.63, 3.8) is 0 Å². The predicted molar refractivity (Wildman–Crippen MR) is 137 cm³/mol. The normalized spacial score (nSPS) is 11.5. The maximum atomic E-state index is 13.3. The van der Waals surface area contributed by atoms with Crippen LogP contribution in [0, 0.1) is 6.92 Å². The van der Waals surface area contributed by atoms with Gasteiger partial charge in [0.15, 0.2) is 5.65 Å².